The van der Waals surface area contributed by atoms with Gasteiger partial charge in [0, 0.05) is 17.0 Å². The van der Waals surface area contributed by atoms with Crippen molar-refractivity contribution < 1.29 is 8.78 Å². The molecule has 0 spiro atoms. The number of fused-ring (bicyclic) bond motifs is 1. The van der Waals surface area contributed by atoms with Crippen LogP contribution in [0.4, 0.5) is 8.78 Å². The summed E-state index contributed by atoms with van der Waals surface area (Å²) in [6.45, 7) is 0. The molecule has 0 bridgehead atoms. The molecule has 0 atom stereocenters. The highest BCUT2D eigenvalue weighted by Crippen LogP contribution is 2.23. The summed E-state index contributed by atoms with van der Waals surface area (Å²) in [6.07, 6.45) is 0. The first-order valence-electron chi connectivity index (χ1n) is 5.55. The summed E-state index contributed by atoms with van der Waals surface area (Å²) in [7, 11) is 0. The number of nitrogens with zero attached hydrogens (tertiary/aromatic N) is 1. The number of halogens is 2. The molecule has 0 aliphatic carbocycles. The van der Waals surface area contributed by atoms with E-state index in [0.717, 1.165) is 17.0 Å². The monoisotopic (exact) mass is 241 g/mol. The minimum absolute atomic E-state index is 0.308. The predicted molar refractivity (Wildman–Crippen MR) is 67.1 cm³/mol. The van der Waals surface area contributed by atoms with Crippen LogP contribution in [0.2, 0.25) is 0 Å². The summed E-state index contributed by atoms with van der Waals surface area (Å²) < 4.78 is 26.5. The van der Waals surface area contributed by atoms with Crippen LogP contribution in [0.1, 0.15) is 0 Å². The van der Waals surface area contributed by atoms with Gasteiger partial charge in [-0.05, 0) is 24.3 Å². The summed E-state index contributed by atoms with van der Waals surface area (Å²) >= 11 is 0. The lowest BCUT2D eigenvalue weighted by Gasteiger charge is -2.04. The van der Waals surface area contributed by atoms with Crippen LogP contribution >= 0.6 is 0 Å². The molecule has 3 rings (SSSR count). The van der Waals surface area contributed by atoms with Crippen LogP contribution in [0.15, 0.2) is 54.6 Å². The molecule has 1 nitrogen and oxygen atoms in total. The number of hydrogen-bond acceptors (Lipinski definition) is 1. The lowest BCUT2D eigenvalue weighted by Crippen LogP contribution is -1.90. The summed E-state index contributed by atoms with van der Waals surface area (Å²) in [6, 6.07) is 14.7. The summed E-state index contributed by atoms with van der Waals surface area (Å²) in [4.78, 5) is 4.37. The SMILES string of the molecule is Fc1ccc(-c2ccc3ccccc3n2)c(F)c1. The molecule has 0 amide bonds. The Bertz CT molecular complexity index is 723. The van der Waals surface area contributed by atoms with Gasteiger partial charge in [0.2, 0.25) is 0 Å². The lowest BCUT2D eigenvalue weighted by atomic mass is 10.1. The lowest BCUT2D eigenvalue weighted by molar-refractivity contribution is 0.585. The summed E-state index contributed by atoms with van der Waals surface area (Å²) in [5, 5.41) is 0.990. The smallest absolute Gasteiger partial charge is 0.135 e. The first-order chi connectivity index (χ1) is 8.74. The maximum absolute atomic E-state index is 13.7. The molecular formula is C15H9F2N. The second-order valence-corrected chi connectivity index (χ2v) is 4.01. The molecule has 0 N–H and O–H groups in total. The van der Waals surface area contributed by atoms with Crippen molar-refractivity contribution in [2.45, 2.75) is 0 Å². The van der Waals surface area contributed by atoms with E-state index in [1.807, 2.05) is 30.3 Å². The second kappa shape index (κ2) is 4.18. The van der Waals surface area contributed by atoms with Gasteiger partial charge in [-0.3, -0.25) is 0 Å². The van der Waals surface area contributed by atoms with Crippen molar-refractivity contribution >= 4 is 10.9 Å². The van der Waals surface area contributed by atoms with Gasteiger partial charge in [0.25, 0.3) is 0 Å². The van der Waals surface area contributed by atoms with Crippen molar-refractivity contribution in [1.82, 2.24) is 4.98 Å². The highest BCUT2D eigenvalue weighted by atomic mass is 19.1. The van der Waals surface area contributed by atoms with E-state index in [4.69, 9.17) is 0 Å². The summed E-state index contributed by atoms with van der Waals surface area (Å²) in [5.41, 5.74) is 1.60. The second-order valence-electron chi connectivity index (χ2n) is 4.01. The molecule has 0 aliphatic rings. The topological polar surface area (TPSA) is 12.9 Å². The molecule has 18 heavy (non-hydrogen) atoms. The van der Waals surface area contributed by atoms with Gasteiger partial charge in [-0.25, -0.2) is 13.8 Å². The Hall–Kier alpha value is -2.29. The summed E-state index contributed by atoms with van der Waals surface area (Å²) in [5.74, 6) is -1.19. The molecule has 1 heterocycles. The van der Waals surface area contributed by atoms with E-state index in [1.54, 1.807) is 6.07 Å². The molecule has 3 aromatic rings. The number of aromatic nitrogens is 1. The van der Waals surface area contributed by atoms with E-state index in [1.165, 1.54) is 12.1 Å². The van der Waals surface area contributed by atoms with Crippen LogP contribution < -0.4 is 0 Å². The number of rotatable bonds is 1. The first kappa shape index (κ1) is 10.8. The molecule has 88 valence electrons. The van der Waals surface area contributed by atoms with Crippen LogP contribution in [0.5, 0.6) is 0 Å². The number of pyridine rings is 1. The first-order valence-corrected chi connectivity index (χ1v) is 5.55. The molecule has 2 aromatic carbocycles. The molecule has 0 unspecified atom stereocenters. The van der Waals surface area contributed by atoms with Crippen LogP contribution in [0.25, 0.3) is 22.2 Å². The van der Waals surface area contributed by atoms with Crippen LogP contribution in [0, 0.1) is 11.6 Å². The Morgan fingerprint density at radius 3 is 2.50 bits per heavy atom. The van der Waals surface area contributed by atoms with E-state index >= 15 is 0 Å². The van der Waals surface area contributed by atoms with Crippen molar-refractivity contribution in [3.05, 3.63) is 66.2 Å². The van der Waals surface area contributed by atoms with Crippen LogP contribution in [0.3, 0.4) is 0 Å². The Labute approximate surface area is 103 Å². The number of benzene rings is 2. The average Bonchev–Trinajstić information content (AvgIpc) is 2.38. The van der Waals surface area contributed by atoms with E-state index in [0.29, 0.717) is 11.3 Å². The van der Waals surface area contributed by atoms with Gasteiger partial charge in [-0.15, -0.1) is 0 Å². The standard InChI is InChI=1S/C15H9F2N/c16-11-6-7-12(13(17)9-11)15-8-5-10-3-1-2-4-14(10)18-15/h1-9H. The van der Waals surface area contributed by atoms with Gasteiger partial charge >= 0.3 is 0 Å². The molecule has 0 radical (unpaired) electrons. The minimum atomic E-state index is -0.599. The molecule has 0 fully saturated rings. The van der Waals surface area contributed by atoms with Crippen molar-refractivity contribution in [2.24, 2.45) is 0 Å². The molecule has 0 saturated carbocycles. The van der Waals surface area contributed by atoms with Crippen LogP contribution in [-0.2, 0) is 0 Å². The van der Waals surface area contributed by atoms with Crippen molar-refractivity contribution in [1.29, 1.82) is 0 Å². The van der Waals surface area contributed by atoms with Crippen molar-refractivity contribution in [3.8, 4) is 11.3 Å². The average molecular weight is 241 g/mol. The Balaban J connectivity index is 2.19. The minimum Gasteiger partial charge on any atom is -0.248 e. The fourth-order valence-electron chi connectivity index (χ4n) is 1.91. The normalized spacial score (nSPS) is 10.8. The third kappa shape index (κ3) is 1.84. The quantitative estimate of drug-likeness (QED) is 0.622. The maximum Gasteiger partial charge on any atom is 0.135 e. The molecule has 3 heteroatoms. The van der Waals surface area contributed by atoms with E-state index in [9.17, 15) is 8.78 Å². The van der Waals surface area contributed by atoms with Gasteiger partial charge in [-0.1, -0.05) is 24.3 Å². The molecule has 0 aliphatic heterocycles. The van der Waals surface area contributed by atoms with Crippen molar-refractivity contribution in [2.75, 3.05) is 0 Å². The van der Waals surface area contributed by atoms with E-state index < -0.39 is 11.6 Å². The highest BCUT2D eigenvalue weighted by Gasteiger charge is 2.08. The zero-order valence-corrected chi connectivity index (χ0v) is 9.40. The van der Waals surface area contributed by atoms with Gasteiger partial charge in [0.1, 0.15) is 11.6 Å². The number of para-hydroxylation sites is 1. The molecular weight excluding hydrogens is 232 g/mol. The third-order valence-electron chi connectivity index (χ3n) is 2.81. The third-order valence-corrected chi connectivity index (χ3v) is 2.81. The molecule has 0 saturated heterocycles. The Kier molecular flexibility index (Phi) is 2.52. The van der Waals surface area contributed by atoms with E-state index in [-0.39, 0.29) is 0 Å². The van der Waals surface area contributed by atoms with Crippen LogP contribution in [-0.4, -0.2) is 4.98 Å². The van der Waals surface area contributed by atoms with Gasteiger partial charge in [0.15, 0.2) is 0 Å². The Morgan fingerprint density at radius 2 is 1.67 bits per heavy atom. The Morgan fingerprint density at radius 1 is 0.833 bits per heavy atom. The predicted octanol–water partition coefficient (Wildman–Crippen LogP) is 4.18. The maximum atomic E-state index is 13.7. The van der Waals surface area contributed by atoms with Gasteiger partial charge < -0.3 is 0 Å². The van der Waals surface area contributed by atoms with Gasteiger partial charge in [0.05, 0.1) is 11.2 Å². The van der Waals surface area contributed by atoms with Crippen molar-refractivity contribution in [3.63, 3.8) is 0 Å². The fraction of sp³-hybridized carbons (Fsp3) is 0. The zero-order chi connectivity index (χ0) is 12.5. The fourth-order valence-corrected chi connectivity index (χ4v) is 1.91. The highest BCUT2D eigenvalue weighted by molar-refractivity contribution is 5.81. The zero-order valence-electron chi connectivity index (χ0n) is 9.40. The largest absolute Gasteiger partial charge is 0.248 e. The number of hydrogen-bond donors (Lipinski definition) is 0. The molecule has 1 aromatic heterocycles. The van der Waals surface area contributed by atoms with E-state index in [2.05, 4.69) is 4.98 Å². The van der Waals surface area contributed by atoms with Gasteiger partial charge in [-0.2, -0.15) is 0 Å².